The van der Waals surface area contributed by atoms with Gasteiger partial charge in [-0.25, -0.2) is 0 Å². The Morgan fingerprint density at radius 1 is 1.32 bits per heavy atom. The maximum atomic E-state index is 12.3. The number of hydrogen-bond donors (Lipinski definition) is 2. The Balaban J connectivity index is 1.70. The Labute approximate surface area is 113 Å². The second-order valence-electron chi connectivity index (χ2n) is 5.45. The van der Waals surface area contributed by atoms with Crippen molar-refractivity contribution in [2.24, 2.45) is 5.73 Å². The van der Waals surface area contributed by atoms with E-state index in [1.165, 1.54) is 6.42 Å². The topological polar surface area (TPSA) is 64.3 Å². The number of carbonyl (C=O) groups excluding carboxylic acids is 1. The predicted molar refractivity (Wildman–Crippen MR) is 73.3 cm³/mol. The van der Waals surface area contributed by atoms with Crippen LogP contribution in [0.1, 0.15) is 41.6 Å². The van der Waals surface area contributed by atoms with Crippen LogP contribution in [0, 0.1) is 0 Å². The molecule has 1 heterocycles. The first-order valence-electron chi connectivity index (χ1n) is 7.06. The zero-order valence-corrected chi connectivity index (χ0v) is 11.0. The molecule has 1 aliphatic heterocycles. The van der Waals surface area contributed by atoms with Gasteiger partial charge in [0.15, 0.2) is 0 Å². The Hall–Kier alpha value is -1.55. The molecule has 0 bridgehead atoms. The second-order valence-corrected chi connectivity index (χ2v) is 5.45. The molecule has 1 aliphatic carbocycles. The van der Waals surface area contributed by atoms with Crippen molar-refractivity contribution in [3.8, 4) is 5.75 Å². The quantitative estimate of drug-likeness (QED) is 0.849. The molecular weight excluding hydrogens is 240 g/mol. The van der Waals surface area contributed by atoms with Crippen molar-refractivity contribution in [2.45, 2.75) is 44.2 Å². The van der Waals surface area contributed by atoms with Crippen LogP contribution in [0.15, 0.2) is 18.2 Å². The zero-order chi connectivity index (χ0) is 13.2. The summed E-state index contributed by atoms with van der Waals surface area (Å²) in [6.45, 7) is 0.716. The summed E-state index contributed by atoms with van der Waals surface area (Å²) in [5.41, 5.74) is 7.90. The molecular formula is C15H20N2O2. The number of rotatable bonds is 2. The van der Waals surface area contributed by atoms with Crippen LogP contribution in [0.5, 0.6) is 5.75 Å². The molecule has 1 fully saturated rings. The second kappa shape index (κ2) is 5.21. The lowest BCUT2D eigenvalue weighted by Gasteiger charge is -2.29. The van der Waals surface area contributed by atoms with Crippen LogP contribution >= 0.6 is 0 Å². The Bertz CT molecular complexity index is 487. The summed E-state index contributed by atoms with van der Waals surface area (Å²) in [6.07, 6.45) is 5.20. The summed E-state index contributed by atoms with van der Waals surface area (Å²) in [4.78, 5) is 12.3. The van der Waals surface area contributed by atoms with Gasteiger partial charge in [-0.1, -0.05) is 12.8 Å². The van der Waals surface area contributed by atoms with Crippen LogP contribution < -0.4 is 15.8 Å². The lowest BCUT2D eigenvalue weighted by Crippen LogP contribution is -2.49. The lowest BCUT2D eigenvalue weighted by atomic mass is 9.91. The van der Waals surface area contributed by atoms with Gasteiger partial charge in [-0.15, -0.1) is 0 Å². The van der Waals surface area contributed by atoms with Crippen LogP contribution in [-0.4, -0.2) is 24.6 Å². The number of carbonyl (C=O) groups is 1. The van der Waals surface area contributed by atoms with Crippen LogP contribution in [-0.2, 0) is 6.42 Å². The van der Waals surface area contributed by atoms with Gasteiger partial charge < -0.3 is 15.8 Å². The largest absolute Gasteiger partial charge is 0.493 e. The van der Waals surface area contributed by atoms with Crippen molar-refractivity contribution in [2.75, 3.05) is 6.61 Å². The fourth-order valence-corrected chi connectivity index (χ4v) is 2.92. The SMILES string of the molecule is N[C@@H]1CCCC[C@H]1NC(=O)c1ccc2c(c1)CCO2. The molecule has 3 rings (SSSR count). The van der Waals surface area contributed by atoms with Gasteiger partial charge in [0.05, 0.1) is 6.61 Å². The average molecular weight is 260 g/mol. The highest BCUT2D eigenvalue weighted by molar-refractivity contribution is 5.94. The molecule has 0 spiro atoms. The molecule has 4 heteroatoms. The average Bonchev–Trinajstić information content (AvgIpc) is 2.88. The highest BCUT2D eigenvalue weighted by Gasteiger charge is 2.24. The van der Waals surface area contributed by atoms with E-state index in [9.17, 15) is 4.79 Å². The monoisotopic (exact) mass is 260 g/mol. The van der Waals surface area contributed by atoms with Gasteiger partial charge in [0, 0.05) is 24.1 Å². The number of benzene rings is 1. The molecule has 0 unspecified atom stereocenters. The van der Waals surface area contributed by atoms with Gasteiger partial charge in [-0.3, -0.25) is 4.79 Å². The van der Waals surface area contributed by atoms with E-state index >= 15 is 0 Å². The van der Waals surface area contributed by atoms with Crippen molar-refractivity contribution in [1.82, 2.24) is 5.32 Å². The van der Waals surface area contributed by atoms with E-state index in [4.69, 9.17) is 10.5 Å². The predicted octanol–water partition coefficient (Wildman–Crippen LogP) is 1.62. The first-order chi connectivity index (χ1) is 9.24. The van der Waals surface area contributed by atoms with Gasteiger partial charge >= 0.3 is 0 Å². The molecule has 1 aromatic carbocycles. The van der Waals surface area contributed by atoms with E-state index < -0.39 is 0 Å². The molecule has 4 nitrogen and oxygen atoms in total. The van der Waals surface area contributed by atoms with Gasteiger partial charge in [0.1, 0.15) is 5.75 Å². The third-order valence-corrected chi connectivity index (χ3v) is 4.09. The molecule has 1 saturated carbocycles. The van der Waals surface area contributed by atoms with E-state index in [0.29, 0.717) is 12.2 Å². The third-order valence-electron chi connectivity index (χ3n) is 4.09. The molecule has 1 amide bonds. The minimum atomic E-state index is -0.0166. The molecule has 2 atom stereocenters. The Morgan fingerprint density at radius 2 is 2.16 bits per heavy atom. The third kappa shape index (κ3) is 2.59. The Kier molecular flexibility index (Phi) is 3.42. The summed E-state index contributed by atoms with van der Waals surface area (Å²) in [5, 5.41) is 3.07. The van der Waals surface area contributed by atoms with Crippen LogP contribution in [0.2, 0.25) is 0 Å². The standard InChI is InChI=1S/C15H20N2O2/c16-12-3-1-2-4-13(12)17-15(18)11-5-6-14-10(9-11)7-8-19-14/h5-6,9,12-13H,1-4,7-8,16H2,(H,17,18)/t12-,13-/m1/s1. The summed E-state index contributed by atoms with van der Waals surface area (Å²) in [7, 11) is 0. The maximum Gasteiger partial charge on any atom is 0.251 e. The van der Waals surface area contributed by atoms with Gasteiger partial charge in [-0.05, 0) is 36.6 Å². The number of hydrogen-bond acceptors (Lipinski definition) is 3. The van der Waals surface area contributed by atoms with Crippen LogP contribution in [0.3, 0.4) is 0 Å². The summed E-state index contributed by atoms with van der Waals surface area (Å²) in [6, 6.07) is 5.86. The molecule has 3 N–H and O–H groups in total. The number of fused-ring (bicyclic) bond motifs is 1. The van der Waals surface area contributed by atoms with Crippen molar-refractivity contribution in [3.63, 3.8) is 0 Å². The van der Waals surface area contributed by atoms with Crippen molar-refractivity contribution < 1.29 is 9.53 Å². The van der Waals surface area contributed by atoms with E-state index in [1.54, 1.807) is 0 Å². The van der Waals surface area contributed by atoms with Crippen molar-refractivity contribution >= 4 is 5.91 Å². The molecule has 19 heavy (non-hydrogen) atoms. The summed E-state index contributed by atoms with van der Waals surface area (Å²) in [5.74, 6) is 0.892. The highest BCUT2D eigenvalue weighted by Crippen LogP contribution is 2.26. The smallest absolute Gasteiger partial charge is 0.251 e. The normalized spacial score (nSPS) is 25.5. The molecule has 0 saturated heterocycles. The molecule has 102 valence electrons. The lowest BCUT2D eigenvalue weighted by molar-refractivity contribution is 0.0921. The molecule has 0 radical (unpaired) electrons. The first kappa shape index (κ1) is 12.5. The van der Waals surface area contributed by atoms with Crippen molar-refractivity contribution in [3.05, 3.63) is 29.3 Å². The minimum absolute atomic E-state index is 0.0166. The van der Waals surface area contributed by atoms with E-state index in [2.05, 4.69) is 5.32 Å². The fourth-order valence-electron chi connectivity index (χ4n) is 2.92. The van der Waals surface area contributed by atoms with Crippen LogP contribution in [0.25, 0.3) is 0 Å². The fraction of sp³-hybridized carbons (Fsp3) is 0.533. The van der Waals surface area contributed by atoms with Gasteiger partial charge in [0.25, 0.3) is 5.91 Å². The van der Waals surface area contributed by atoms with E-state index in [1.807, 2.05) is 18.2 Å². The van der Waals surface area contributed by atoms with E-state index in [-0.39, 0.29) is 18.0 Å². The number of nitrogens with one attached hydrogen (secondary N) is 1. The molecule has 0 aromatic heterocycles. The van der Waals surface area contributed by atoms with E-state index in [0.717, 1.165) is 37.0 Å². The minimum Gasteiger partial charge on any atom is -0.493 e. The Morgan fingerprint density at radius 3 is 3.00 bits per heavy atom. The first-order valence-corrected chi connectivity index (χ1v) is 7.06. The number of nitrogens with two attached hydrogens (primary N) is 1. The summed E-state index contributed by atoms with van der Waals surface area (Å²) < 4.78 is 5.45. The number of amides is 1. The van der Waals surface area contributed by atoms with Crippen LogP contribution in [0.4, 0.5) is 0 Å². The molecule has 1 aromatic rings. The van der Waals surface area contributed by atoms with Crippen molar-refractivity contribution in [1.29, 1.82) is 0 Å². The molecule has 2 aliphatic rings. The summed E-state index contributed by atoms with van der Waals surface area (Å²) >= 11 is 0. The highest BCUT2D eigenvalue weighted by atomic mass is 16.5. The number of ether oxygens (including phenoxy) is 1. The zero-order valence-electron chi connectivity index (χ0n) is 11.0. The van der Waals surface area contributed by atoms with Gasteiger partial charge in [0.2, 0.25) is 0 Å². The van der Waals surface area contributed by atoms with Gasteiger partial charge in [-0.2, -0.15) is 0 Å². The maximum absolute atomic E-state index is 12.3.